The van der Waals surface area contributed by atoms with Gasteiger partial charge in [-0.2, -0.15) is 0 Å². The van der Waals surface area contributed by atoms with E-state index < -0.39 is 9.29 Å². The molecule has 4 heteroatoms. The van der Waals surface area contributed by atoms with Crippen LogP contribution in [0.3, 0.4) is 0 Å². The van der Waals surface area contributed by atoms with Crippen LogP contribution >= 0.6 is 0 Å². The van der Waals surface area contributed by atoms with E-state index in [2.05, 4.69) is 0 Å². The third-order valence-corrected chi connectivity index (χ3v) is 0. The van der Waals surface area contributed by atoms with Crippen LogP contribution in [0.1, 0.15) is 0 Å². The van der Waals surface area contributed by atoms with Crippen molar-refractivity contribution in [2.75, 3.05) is 0 Å². The minimum Gasteiger partial charge on any atom is -0.274 e. The van der Waals surface area contributed by atoms with Gasteiger partial charge in [0.15, 0.2) is 0 Å². The fraction of sp³-hybridized carbons (Fsp3) is 0. The van der Waals surface area contributed by atoms with Crippen molar-refractivity contribution in [2.45, 2.75) is 0 Å². The van der Waals surface area contributed by atoms with Crippen LogP contribution in [-0.2, 0) is 8.92 Å². The van der Waals surface area contributed by atoms with Crippen molar-refractivity contribution in [3.05, 3.63) is 0 Å². The molecule has 0 aliphatic rings. The molecule has 0 fully saturated rings. The molecule has 0 aliphatic carbocycles. The van der Waals surface area contributed by atoms with E-state index in [1.807, 2.05) is 0 Å². The predicted octanol–water partition coefficient (Wildman–Crippen LogP) is -0.999. The summed E-state index contributed by atoms with van der Waals surface area (Å²) in [7, 11) is -1.42. The summed E-state index contributed by atoms with van der Waals surface area (Å²) in [5.74, 6) is 0. The van der Waals surface area contributed by atoms with Crippen molar-refractivity contribution in [1.29, 1.82) is 0 Å². The third-order valence-electron chi connectivity index (χ3n) is 0. The van der Waals surface area contributed by atoms with Gasteiger partial charge in [-0.3, -0.25) is 8.92 Å². The first kappa shape index (κ1) is 8.83. The standard InChI is InChI=1S/Li.O2Si/c;1-3-2. The van der Waals surface area contributed by atoms with Crippen molar-refractivity contribution >= 4 is 28.2 Å². The Morgan fingerprint density at radius 2 is 1.25 bits per heavy atom. The molecule has 0 unspecified atom stereocenters. The van der Waals surface area contributed by atoms with Gasteiger partial charge >= 0.3 is 9.29 Å². The molecule has 0 atom stereocenters. The first-order chi connectivity index (χ1) is 1.41. The van der Waals surface area contributed by atoms with Crippen LogP contribution in [0.2, 0.25) is 0 Å². The van der Waals surface area contributed by atoms with E-state index >= 15 is 0 Å². The zero-order chi connectivity index (χ0) is 2.71. The third kappa shape index (κ3) is 28.1. The van der Waals surface area contributed by atoms with Gasteiger partial charge in [-0.15, -0.1) is 0 Å². The van der Waals surface area contributed by atoms with Crippen LogP contribution in [0, 0.1) is 0 Å². The van der Waals surface area contributed by atoms with Gasteiger partial charge in [-0.05, 0) is 0 Å². The van der Waals surface area contributed by atoms with Crippen LogP contribution in [0.15, 0.2) is 0 Å². The molecule has 0 aromatic heterocycles. The molecule has 17 valence electrons. The van der Waals surface area contributed by atoms with Crippen molar-refractivity contribution in [3.8, 4) is 0 Å². The van der Waals surface area contributed by atoms with Crippen molar-refractivity contribution in [2.24, 2.45) is 0 Å². The van der Waals surface area contributed by atoms with E-state index in [4.69, 9.17) is 8.92 Å². The fourth-order valence-electron chi connectivity index (χ4n) is 0. The Balaban J connectivity index is 0. The summed E-state index contributed by atoms with van der Waals surface area (Å²) < 4.78 is 16.8. The molecule has 1 radical (unpaired) electrons. The van der Waals surface area contributed by atoms with E-state index in [1.54, 1.807) is 0 Å². The Labute approximate surface area is 37.7 Å². The van der Waals surface area contributed by atoms with Gasteiger partial charge in [0.1, 0.15) is 0 Å². The second-order valence-corrected chi connectivity index (χ2v) is 0.250. The van der Waals surface area contributed by atoms with Gasteiger partial charge in [0.25, 0.3) is 0 Å². The SMILES string of the molecule is O=[Si]=O.[Li]. The Kier molecular flexibility index (Phi) is 22.0. The maximum Gasteiger partial charge on any atom is 0.549 e. The molecule has 0 saturated carbocycles. The van der Waals surface area contributed by atoms with E-state index in [0.717, 1.165) is 0 Å². The normalized spacial score (nSPS) is 2.00. The largest absolute Gasteiger partial charge is 0.549 e. The van der Waals surface area contributed by atoms with Crippen molar-refractivity contribution in [1.82, 2.24) is 0 Å². The molecule has 0 bridgehead atoms. The molecule has 0 aliphatic heterocycles. The summed E-state index contributed by atoms with van der Waals surface area (Å²) in [5.41, 5.74) is 0. The Bertz CT molecular complexity index is 27.0. The molecule has 4 heavy (non-hydrogen) atoms. The van der Waals surface area contributed by atoms with Gasteiger partial charge in [0, 0.05) is 18.9 Å². The Hall–Kier alpha value is 0.414. The molecule has 0 spiro atoms. The number of rotatable bonds is 0. The summed E-state index contributed by atoms with van der Waals surface area (Å²) >= 11 is 0. The average Bonchev–Trinajstić information content (AvgIpc) is 0.918. The fourth-order valence-corrected chi connectivity index (χ4v) is 0. The molecule has 0 rings (SSSR count). The van der Waals surface area contributed by atoms with E-state index in [9.17, 15) is 0 Å². The van der Waals surface area contributed by atoms with Crippen LogP contribution in [-0.4, -0.2) is 28.2 Å². The van der Waals surface area contributed by atoms with E-state index in [-0.39, 0.29) is 18.9 Å². The molecule has 2 nitrogen and oxygen atoms in total. The maximum atomic E-state index is 8.40. The van der Waals surface area contributed by atoms with Gasteiger partial charge in [0.05, 0.1) is 0 Å². The molecular weight excluding hydrogens is 67.0 g/mol. The minimum atomic E-state index is -1.42. The van der Waals surface area contributed by atoms with Crippen LogP contribution in [0.5, 0.6) is 0 Å². The molecule has 0 heterocycles. The van der Waals surface area contributed by atoms with Gasteiger partial charge in [0.2, 0.25) is 0 Å². The minimum absolute atomic E-state index is 0. The Morgan fingerprint density at radius 1 is 1.25 bits per heavy atom. The van der Waals surface area contributed by atoms with Crippen molar-refractivity contribution < 1.29 is 8.92 Å². The molecular formula is LiO2Si. The maximum absolute atomic E-state index is 8.40. The van der Waals surface area contributed by atoms with Crippen LogP contribution < -0.4 is 0 Å². The molecule has 0 saturated heterocycles. The predicted molar refractivity (Wildman–Crippen MR) is 12.9 cm³/mol. The second-order valence-electron chi connectivity index (χ2n) is 0.0833. The quantitative estimate of drug-likeness (QED) is 0.340. The summed E-state index contributed by atoms with van der Waals surface area (Å²) in [6.45, 7) is 0. The second kappa shape index (κ2) is 9.95. The van der Waals surface area contributed by atoms with Gasteiger partial charge in [-0.1, -0.05) is 0 Å². The zero-order valence-corrected chi connectivity index (χ0v) is 3.32. The molecule has 0 aromatic rings. The smallest absolute Gasteiger partial charge is 0.274 e. The van der Waals surface area contributed by atoms with E-state index in [1.165, 1.54) is 0 Å². The van der Waals surface area contributed by atoms with Crippen LogP contribution in [0.4, 0.5) is 0 Å². The first-order valence-electron chi connectivity index (χ1n) is 0.408. The van der Waals surface area contributed by atoms with Crippen LogP contribution in [0.25, 0.3) is 0 Å². The first-order valence-corrected chi connectivity index (χ1v) is 1.22. The van der Waals surface area contributed by atoms with Gasteiger partial charge in [-0.25, -0.2) is 0 Å². The number of hydrogen-bond donors (Lipinski definition) is 0. The topological polar surface area (TPSA) is 34.1 Å². The number of hydrogen-bond acceptors (Lipinski definition) is 2. The van der Waals surface area contributed by atoms with Gasteiger partial charge < -0.3 is 0 Å². The summed E-state index contributed by atoms with van der Waals surface area (Å²) in [6, 6.07) is 0. The summed E-state index contributed by atoms with van der Waals surface area (Å²) in [5, 5.41) is 0. The summed E-state index contributed by atoms with van der Waals surface area (Å²) in [4.78, 5) is 0. The Morgan fingerprint density at radius 3 is 1.25 bits per heavy atom. The molecule has 0 amide bonds. The average molecular weight is 67.0 g/mol. The van der Waals surface area contributed by atoms with E-state index in [0.29, 0.717) is 0 Å². The molecule has 0 N–H and O–H groups in total. The molecule has 0 aromatic carbocycles. The zero-order valence-electron chi connectivity index (χ0n) is 2.32. The van der Waals surface area contributed by atoms with Crippen molar-refractivity contribution in [3.63, 3.8) is 0 Å². The summed E-state index contributed by atoms with van der Waals surface area (Å²) in [6.07, 6.45) is 0. The monoisotopic (exact) mass is 67.0 g/mol.